The lowest BCUT2D eigenvalue weighted by atomic mass is 10.0. The molecule has 2 N–H and O–H groups in total. The number of non-ortho nitro benzene ring substituents is 1. The first-order valence-corrected chi connectivity index (χ1v) is 6.17. The maximum atomic E-state index is 10.7. The first kappa shape index (κ1) is 12.8. The monoisotopic (exact) mass is 250 g/mol. The van der Waals surface area contributed by atoms with Crippen LogP contribution in [-0.2, 0) is 0 Å². The van der Waals surface area contributed by atoms with Gasteiger partial charge in [0.25, 0.3) is 5.69 Å². The van der Waals surface area contributed by atoms with Gasteiger partial charge in [0.05, 0.1) is 16.5 Å². The maximum Gasteiger partial charge on any atom is 0.273 e. The van der Waals surface area contributed by atoms with Gasteiger partial charge in [0, 0.05) is 6.07 Å². The number of nitro benzene ring substituents is 1. The Balaban J connectivity index is 2.08. The van der Waals surface area contributed by atoms with Crippen LogP contribution < -0.4 is 10.5 Å². The fourth-order valence-corrected chi connectivity index (χ4v) is 2.30. The molecular weight excluding hydrogens is 232 g/mol. The lowest BCUT2D eigenvalue weighted by Gasteiger charge is -2.24. The van der Waals surface area contributed by atoms with Gasteiger partial charge in [-0.05, 0) is 31.4 Å². The van der Waals surface area contributed by atoms with Crippen LogP contribution in [0.2, 0.25) is 0 Å². The van der Waals surface area contributed by atoms with Crippen molar-refractivity contribution in [3.05, 3.63) is 33.9 Å². The third kappa shape index (κ3) is 2.79. The minimum absolute atomic E-state index is 0.0492. The molecule has 1 aromatic rings. The van der Waals surface area contributed by atoms with Crippen LogP contribution in [0.3, 0.4) is 0 Å². The largest absolute Gasteiger partial charge is 0.491 e. The predicted molar refractivity (Wildman–Crippen MR) is 68.7 cm³/mol. The van der Waals surface area contributed by atoms with Crippen molar-refractivity contribution in [1.82, 2.24) is 0 Å². The van der Waals surface area contributed by atoms with Gasteiger partial charge >= 0.3 is 0 Å². The molecule has 1 aliphatic carbocycles. The molecule has 0 heterocycles. The second kappa shape index (κ2) is 4.94. The molecule has 0 unspecified atom stereocenters. The minimum atomic E-state index is -0.417. The van der Waals surface area contributed by atoms with E-state index in [2.05, 4.69) is 0 Å². The van der Waals surface area contributed by atoms with Crippen LogP contribution >= 0.6 is 0 Å². The Kier molecular flexibility index (Phi) is 3.52. The molecule has 0 aromatic heterocycles. The highest BCUT2D eigenvalue weighted by Crippen LogP contribution is 2.30. The summed E-state index contributed by atoms with van der Waals surface area (Å²) in [6, 6.07) is 4.65. The smallest absolute Gasteiger partial charge is 0.273 e. The van der Waals surface area contributed by atoms with Gasteiger partial charge in [-0.1, -0.05) is 12.8 Å². The summed E-state index contributed by atoms with van der Waals surface area (Å²) < 4.78 is 5.69. The van der Waals surface area contributed by atoms with Gasteiger partial charge in [-0.3, -0.25) is 10.1 Å². The topological polar surface area (TPSA) is 78.4 Å². The van der Waals surface area contributed by atoms with Crippen molar-refractivity contribution >= 4 is 5.69 Å². The molecule has 2 rings (SSSR count). The van der Waals surface area contributed by atoms with Crippen LogP contribution in [0.15, 0.2) is 18.2 Å². The fraction of sp³-hybridized carbons (Fsp3) is 0.538. The standard InChI is InChI=1S/C13H18N2O3/c1-10-4-5-11(15(16)17)8-12(10)18-9-13(14)6-2-3-7-13/h4-5,8H,2-3,6-7,9,14H2,1H3. The molecule has 98 valence electrons. The molecule has 0 bridgehead atoms. The van der Waals surface area contributed by atoms with Gasteiger partial charge in [-0.25, -0.2) is 0 Å². The van der Waals surface area contributed by atoms with Crippen LogP contribution in [0, 0.1) is 17.0 Å². The predicted octanol–water partition coefficient (Wildman–Crippen LogP) is 2.55. The summed E-state index contributed by atoms with van der Waals surface area (Å²) in [4.78, 5) is 10.3. The van der Waals surface area contributed by atoms with Gasteiger partial charge < -0.3 is 10.5 Å². The highest BCUT2D eigenvalue weighted by molar-refractivity contribution is 5.43. The number of nitro groups is 1. The van der Waals surface area contributed by atoms with Gasteiger partial charge in [0.15, 0.2) is 0 Å². The number of benzene rings is 1. The quantitative estimate of drug-likeness (QED) is 0.658. The number of rotatable bonds is 4. The zero-order valence-electron chi connectivity index (χ0n) is 10.5. The average molecular weight is 250 g/mol. The summed E-state index contributed by atoms with van der Waals surface area (Å²) >= 11 is 0. The van der Waals surface area contributed by atoms with Crippen LogP contribution in [0.4, 0.5) is 5.69 Å². The molecular formula is C13H18N2O3. The molecule has 0 aliphatic heterocycles. The summed E-state index contributed by atoms with van der Waals surface area (Å²) in [5.41, 5.74) is 6.87. The number of hydrogen-bond donors (Lipinski definition) is 1. The van der Waals surface area contributed by atoms with Crippen LogP contribution in [-0.4, -0.2) is 17.1 Å². The second-order valence-electron chi connectivity index (χ2n) is 5.07. The molecule has 18 heavy (non-hydrogen) atoms. The number of ether oxygens (including phenoxy) is 1. The summed E-state index contributed by atoms with van der Waals surface area (Å²) in [6.45, 7) is 2.30. The van der Waals surface area contributed by atoms with E-state index in [4.69, 9.17) is 10.5 Å². The Hall–Kier alpha value is -1.62. The van der Waals surface area contributed by atoms with E-state index in [0.29, 0.717) is 12.4 Å². The zero-order valence-corrected chi connectivity index (χ0v) is 10.5. The number of nitrogens with two attached hydrogens (primary N) is 1. The maximum absolute atomic E-state index is 10.7. The summed E-state index contributed by atoms with van der Waals surface area (Å²) in [7, 11) is 0. The number of hydrogen-bond acceptors (Lipinski definition) is 4. The Morgan fingerprint density at radius 3 is 2.72 bits per heavy atom. The van der Waals surface area contributed by atoms with Crippen molar-refractivity contribution in [1.29, 1.82) is 0 Å². The van der Waals surface area contributed by atoms with Crippen molar-refractivity contribution in [2.24, 2.45) is 5.73 Å². The molecule has 1 fully saturated rings. The van der Waals surface area contributed by atoms with E-state index < -0.39 is 4.92 Å². The van der Waals surface area contributed by atoms with Gasteiger partial charge in [-0.15, -0.1) is 0 Å². The molecule has 1 saturated carbocycles. The molecule has 0 saturated heterocycles. The summed E-state index contributed by atoms with van der Waals surface area (Å²) in [6.07, 6.45) is 4.18. The normalized spacial score (nSPS) is 17.7. The molecule has 1 aromatic carbocycles. The fourth-order valence-electron chi connectivity index (χ4n) is 2.30. The third-order valence-electron chi connectivity index (χ3n) is 3.50. The van der Waals surface area contributed by atoms with E-state index in [0.717, 1.165) is 31.2 Å². The minimum Gasteiger partial charge on any atom is -0.491 e. The lowest BCUT2D eigenvalue weighted by Crippen LogP contribution is -2.42. The molecule has 1 aliphatic rings. The van der Waals surface area contributed by atoms with Crippen LogP contribution in [0.25, 0.3) is 0 Å². The first-order valence-electron chi connectivity index (χ1n) is 6.17. The van der Waals surface area contributed by atoms with Crippen molar-refractivity contribution in [3.8, 4) is 5.75 Å². The Bertz CT molecular complexity index is 454. The Morgan fingerprint density at radius 2 is 2.11 bits per heavy atom. The van der Waals surface area contributed by atoms with E-state index in [1.165, 1.54) is 12.1 Å². The van der Waals surface area contributed by atoms with Crippen LogP contribution in [0.5, 0.6) is 5.75 Å². The highest BCUT2D eigenvalue weighted by Gasteiger charge is 2.30. The SMILES string of the molecule is Cc1ccc([N+](=O)[O-])cc1OCC1(N)CCCC1. The number of aryl methyl sites for hydroxylation is 1. The van der Waals surface area contributed by atoms with Gasteiger partial charge in [0.2, 0.25) is 0 Å². The number of nitrogens with zero attached hydrogens (tertiary/aromatic N) is 1. The first-order chi connectivity index (χ1) is 8.50. The van der Waals surface area contributed by atoms with Crippen molar-refractivity contribution in [3.63, 3.8) is 0 Å². The van der Waals surface area contributed by atoms with Crippen molar-refractivity contribution in [2.75, 3.05) is 6.61 Å². The Labute approximate surface area is 106 Å². The van der Waals surface area contributed by atoms with E-state index in [-0.39, 0.29) is 11.2 Å². The van der Waals surface area contributed by atoms with E-state index >= 15 is 0 Å². The van der Waals surface area contributed by atoms with Crippen LogP contribution in [0.1, 0.15) is 31.2 Å². The molecule has 5 nitrogen and oxygen atoms in total. The van der Waals surface area contributed by atoms with E-state index in [1.807, 2.05) is 6.92 Å². The molecule has 0 amide bonds. The van der Waals surface area contributed by atoms with Gasteiger partial charge in [-0.2, -0.15) is 0 Å². The zero-order chi connectivity index (χ0) is 13.2. The summed E-state index contributed by atoms with van der Waals surface area (Å²) in [5, 5.41) is 10.7. The van der Waals surface area contributed by atoms with Gasteiger partial charge in [0.1, 0.15) is 12.4 Å². The highest BCUT2D eigenvalue weighted by atomic mass is 16.6. The van der Waals surface area contributed by atoms with Crippen molar-refractivity contribution < 1.29 is 9.66 Å². The molecule has 0 atom stereocenters. The molecule has 0 radical (unpaired) electrons. The second-order valence-corrected chi connectivity index (χ2v) is 5.07. The lowest BCUT2D eigenvalue weighted by molar-refractivity contribution is -0.385. The average Bonchev–Trinajstić information content (AvgIpc) is 2.75. The van der Waals surface area contributed by atoms with Crippen molar-refractivity contribution in [2.45, 2.75) is 38.1 Å². The van der Waals surface area contributed by atoms with E-state index in [9.17, 15) is 10.1 Å². The third-order valence-corrected chi connectivity index (χ3v) is 3.50. The molecule has 5 heteroatoms. The Morgan fingerprint density at radius 1 is 1.44 bits per heavy atom. The van der Waals surface area contributed by atoms with E-state index in [1.54, 1.807) is 6.07 Å². The summed E-state index contributed by atoms with van der Waals surface area (Å²) in [5.74, 6) is 0.556. The molecule has 0 spiro atoms.